The molecule has 5 heteroatoms. The highest BCUT2D eigenvalue weighted by Crippen LogP contribution is 2.28. The zero-order valence-corrected chi connectivity index (χ0v) is 12.9. The molecule has 1 fully saturated rings. The summed E-state index contributed by atoms with van der Waals surface area (Å²) in [5, 5.41) is 3.25. The first-order chi connectivity index (χ1) is 10.6. The Bertz CT molecular complexity index is 665. The lowest BCUT2D eigenvalue weighted by Gasteiger charge is -2.20. The Kier molecular flexibility index (Phi) is 4.04. The average Bonchev–Trinajstić information content (AvgIpc) is 3.31. The van der Waals surface area contributed by atoms with E-state index < -0.39 is 0 Å². The van der Waals surface area contributed by atoms with Crippen molar-refractivity contribution in [1.82, 2.24) is 14.9 Å². The predicted octanol–water partition coefficient (Wildman–Crippen LogP) is 3.04. The Labute approximate surface area is 130 Å². The number of nitrogens with one attached hydrogen (secondary N) is 1. The molecule has 5 nitrogen and oxygen atoms in total. The maximum Gasteiger partial charge on any atom is 0.219 e. The number of rotatable bonds is 5. The van der Waals surface area contributed by atoms with Crippen LogP contribution in [0.4, 0.5) is 11.5 Å². The fourth-order valence-electron chi connectivity index (χ4n) is 2.44. The van der Waals surface area contributed by atoms with Crippen LogP contribution in [-0.4, -0.2) is 26.8 Å². The Balaban J connectivity index is 1.66. The second-order valence-electron chi connectivity index (χ2n) is 5.74. The van der Waals surface area contributed by atoms with Crippen LogP contribution in [0.15, 0.2) is 36.7 Å². The number of nitrogens with zero attached hydrogens (tertiary/aromatic N) is 3. The van der Waals surface area contributed by atoms with E-state index >= 15 is 0 Å². The van der Waals surface area contributed by atoms with Crippen LogP contribution in [0.25, 0.3) is 0 Å². The van der Waals surface area contributed by atoms with E-state index in [1.54, 1.807) is 13.3 Å². The lowest BCUT2D eigenvalue weighted by atomic mass is 10.2. The Hall–Kier alpha value is -2.43. The van der Waals surface area contributed by atoms with E-state index in [-0.39, 0.29) is 5.91 Å². The third-order valence-electron chi connectivity index (χ3n) is 3.78. The number of hydrogen-bond acceptors (Lipinski definition) is 4. The fourth-order valence-corrected chi connectivity index (χ4v) is 2.44. The molecule has 1 aliphatic carbocycles. The quantitative estimate of drug-likeness (QED) is 0.921. The normalized spacial score (nSPS) is 13.7. The number of amides is 1. The van der Waals surface area contributed by atoms with Gasteiger partial charge in [0.15, 0.2) is 0 Å². The van der Waals surface area contributed by atoms with Gasteiger partial charge < -0.3 is 10.2 Å². The van der Waals surface area contributed by atoms with Crippen molar-refractivity contribution >= 4 is 17.4 Å². The van der Waals surface area contributed by atoms with Crippen LogP contribution in [-0.2, 0) is 11.3 Å². The van der Waals surface area contributed by atoms with Crippen molar-refractivity contribution in [2.75, 3.05) is 5.32 Å². The zero-order valence-electron chi connectivity index (χ0n) is 12.9. The van der Waals surface area contributed by atoms with Gasteiger partial charge in [-0.15, -0.1) is 0 Å². The highest BCUT2D eigenvalue weighted by molar-refractivity contribution is 5.74. The number of anilines is 2. The van der Waals surface area contributed by atoms with Gasteiger partial charge in [0.2, 0.25) is 5.91 Å². The fraction of sp³-hybridized carbons (Fsp3) is 0.353. The van der Waals surface area contributed by atoms with Gasteiger partial charge in [-0.2, -0.15) is 0 Å². The number of carbonyl (C=O) groups is 1. The van der Waals surface area contributed by atoms with Crippen molar-refractivity contribution in [3.63, 3.8) is 0 Å². The van der Waals surface area contributed by atoms with Gasteiger partial charge in [0.1, 0.15) is 12.1 Å². The summed E-state index contributed by atoms with van der Waals surface area (Å²) in [4.78, 5) is 21.9. The average molecular weight is 296 g/mol. The summed E-state index contributed by atoms with van der Waals surface area (Å²) in [5.74, 6) is 0.935. The van der Waals surface area contributed by atoms with Crippen molar-refractivity contribution in [1.29, 1.82) is 0 Å². The van der Waals surface area contributed by atoms with Crippen LogP contribution in [0.2, 0.25) is 0 Å². The zero-order chi connectivity index (χ0) is 15.5. The van der Waals surface area contributed by atoms with E-state index in [9.17, 15) is 4.79 Å². The molecule has 0 spiro atoms. The van der Waals surface area contributed by atoms with Gasteiger partial charge in [-0.25, -0.2) is 9.97 Å². The van der Waals surface area contributed by atoms with Gasteiger partial charge in [0.05, 0.1) is 0 Å². The molecule has 22 heavy (non-hydrogen) atoms. The maximum absolute atomic E-state index is 11.7. The molecule has 3 rings (SSSR count). The van der Waals surface area contributed by atoms with Crippen LogP contribution in [0.3, 0.4) is 0 Å². The lowest BCUT2D eigenvalue weighted by Crippen LogP contribution is -2.30. The van der Waals surface area contributed by atoms with E-state index in [0.29, 0.717) is 12.6 Å². The number of benzene rings is 1. The van der Waals surface area contributed by atoms with Crippen molar-refractivity contribution < 1.29 is 4.79 Å². The summed E-state index contributed by atoms with van der Waals surface area (Å²) in [6.45, 7) is 4.27. The second-order valence-corrected chi connectivity index (χ2v) is 5.74. The summed E-state index contributed by atoms with van der Waals surface area (Å²) in [6.07, 6.45) is 3.81. The minimum absolute atomic E-state index is 0.154. The van der Waals surface area contributed by atoms with E-state index in [1.807, 2.05) is 30.0 Å². The number of hydrogen-bond donors (Lipinski definition) is 1. The molecule has 0 saturated heterocycles. The third kappa shape index (κ3) is 3.61. The number of aromatic nitrogens is 2. The summed E-state index contributed by atoms with van der Waals surface area (Å²) < 4.78 is 0. The van der Waals surface area contributed by atoms with E-state index in [1.165, 1.54) is 0 Å². The maximum atomic E-state index is 11.7. The predicted molar refractivity (Wildman–Crippen MR) is 85.7 cm³/mol. The van der Waals surface area contributed by atoms with Crippen molar-refractivity contribution in [2.45, 2.75) is 39.3 Å². The Morgan fingerprint density at radius 1 is 1.27 bits per heavy atom. The lowest BCUT2D eigenvalue weighted by molar-refractivity contribution is -0.130. The van der Waals surface area contributed by atoms with Gasteiger partial charge in [-0.3, -0.25) is 4.79 Å². The Morgan fingerprint density at radius 2 is 2.00 bits per heavy atom. The molecule has 1 saturated carbocycles. The third-order valence-corrected chi connectivity index (χ3v) is 3.78. The van der Waals surface area contributed by atoms with Crippen LogP contribution in [0.5, 0.6) is 0 Å². The molecule has 1 heterocycles. The van der Waals surface area contributed by atoms with Gasteiger partial charge in [0, 0.05) is 37.0 Å². The highest BCUT2D eigenvalue weighted by Gasteiger charge is 2.30. The molecular formula is C17H20N4O. The Morgan fingerprint density at radius 3 is 2.59 bits per heavy atom. The summed E-state index contributed by atoms with van der Waals surface area (Å²) in [7, 11) is 0. The largest absolute Gasteiger partial charge is 0.340 e. The van der Waals surface area contributed by atoms with Gasteiger partial charge in [0.25, 0.3) is 0 Å². The highest BCUT2D eigenvalue weighted by atomic mass is 16.2. The van der Waals surface area contributed by atoms with Crippen molar-refractivity contribution in [3.8, 4) is 0 Å². The van der Waals surface area contributed by atoms with Gasteiger partial charge in [-0.1, -0.05) is 12.1 Å². The minimum Gasteiger partial charge on any atom is -0.340 e. The van der Waals surface area contributed by atoms with E-state index in [0.717, 1.165) is 35.6 Å². The van der Waals surface area contributed by atoms with Gasteiger partial charge >= 0.3 is 0 Å². The first-order valence-electron chi connectivity index (χ1n) is 7.53. The molecule has 2 aromatic rings. The molecule has 0 radical (unpaired) electrons. The summed E-state index contributed by atoms with van der Waals surface area (Å²) in [6, 6.07) is 10.5. The molecule has 0 aliphatic heterocycles. The number of carbonyl (C=O) groups excluding carboxylic acids is 1. The smallest absolute Gasteiger partial charge is 0.219 e. The monoisotopic (exact) mass is 296 g/mol. The molecule has 1 amide bonds. The molecule has 1 aromatic carbocycles. The van der Waals surface area contributed by atoms with Crippen LogP contribution < -0.4 is 5.32 Å². The van der Waals surface area contributed by atoms with Crippen LogP contribution in [0, 0.1) is 6.92 Å². The topological polar surface area (TPSA) is 58.1 Å². The molecule has 0 bridgehead atoms. The van der Waals surface area contributed by atoms with E-state index in [2.05, 4.69) is 27.4 Å². The SMILES string of the molecule is CC(=O)N(Cc1ccc(Nc2cc(C)ncn2)cc1)C1CC1. The minimum atomic E-state index is 0.154. The molecule has 0 unspecified atom stereocenters. The van der Waals surface area contributed by atoms with Crippen LogP contribution in [0.1, 0.15) is 31.0 Å². The van der Waals surface area contributed by atoms with Crippen molar-refractivity contribution in [3.05, 3.63) is 47.9 Å². The van der Waals surface area contributed by atoms with E-state index in [4.69, 9.17) is 0 Å². The van der Waals surface area contributed by atoms with Crippen molar-refractivity contribution in [2.24, 2.45) is 0 Å². The molecule has 0 atom stereocenters. The summed E-state index contributed by atoms with van der Waals surface area (Å²) in [5.41, 5.74) is 3.05. The standard InChI is InChI=1S/C17H20N4O/c1-12-9-17(19-11-18-12)20-15-5-3-14(4-6-15)10-21(13(2)22)16-7-8-16/h3-6,9,11,16H,7-8,10H2,1-2H3,(H,18,19,20). The molecule has 1 aromatic heterocycles. The summed E-state index contributed by atoms with van der Waals surface area (Å²) >= 11 is 0. The van der Waals surface area contributed by atoms with Crippen LogP contribution >= 0.6 is 0 Å². The first-order valence-corrected chi connectivity index (χ1v) is 7.53. The molecule has 1 aliphatic rings. The second kappa shape index (κ2) is 6.13. The molecule has 114 valence electrons. The first kappa shape index (κ1) is 14.5. The van der Waals surface area contributed by atoms with Gasteiger partial charge in [-0.05, 0) is 37.5 Å². The molecule has 1 N–H and O–H groups in total. The molecular weight excluding hydrogens is 276 g/mol. The number of aryl methyl sites for hydroxylation is 1.